The molecule has 2 amide bonds. The molecule has 2 atom stereocenters. The number of hydrogen-bond donors (Lipinski definition) is 2. The lowest BCUT2D eigenvalue weighted by Gasteiger charge is -2.27. The van der Waals surface area contributed by atoms with E-state index in [0.717, 1.165) is 92.4 Å². The fraction of sp³-hybridized carbons (Fsp3) is 0.381. The van der Waals surface area contributed by atoms with Gasteiger partial charge >= 0.3 is 12.2 Å². The maximum absolute atomic E-state index is 12.9. The van der Waals surface area contributed by atoms with E-state index in [-0.39, 0.29) is 24.3 Å². The third kappa shape index (κ3) is 6.58. The molecule has 6 aromatic rings. The molecule has 4 heterocycles. The summed E-state index contributed by atoms with van der Waals surface area (Å²) in [6.07, 6.45) is 2.95. The Labute approximate surface area is 303 Å². The number of fused-ring (bicyclic) bond motifs is 4. The molecule has 0 saturated carbocycles. The van der Waals surface area contributed by atoms with Gasteiger partial charge in [-0.25, -0.2) is 19.6 Å². The molecule has 0 spiro atoms. The van der Waals surface area contributed by atoms with Crippen molar-refractivity contribution < 1.29 is 19.1 Å². The second-order valence-corrected chi connectivity index (χ2v) is 16.1. The summed E-state index contributed by atoms with van der Waals surface area (Å²) < 4.78 is 11.4. The van der Waals surface area contributed by atoms with Crippen LogP contribution in [0.15, 0.2) is 72.8 Å². The van der Waals surface area contributed by atoms with Gasteiger partial charge in [0.25, 0.3) is 0 Å². The van der Waals surface area contributed by atoms with Crippen LogP contribution in [0.4, 0.5) is 9.59 Å². The number of nitrogens with zero attached hydrogens (tertiary/aromatic N) is 4. The number of carbonyl (C=O) groups excluding carboxylic acids is 2. The van der Waals surface area contributed by atoms with Gasteiger partial charge in [0.2, 0.25) is 0 Å². The summed E-state index contributed by atoms with van der Waals surface area (Å²) in [7, 11) is 0. The summed E-state index contributed by atoms with van der Waals surface area (Å²) in [5.41, 5.74) is 7.05. The Morgan fingerprint density at radius 1 is 0.635 bits per heavy atom. The van der Waals surface area contributed by atoms with Crippen molar-refractivity contribution in [3.05, 3.63) is 84.4 Å². The minimum Gasteiger partial charge on any atom is -0.444 e. The number of H-pyrrole nitrogens is 2. The summed E-state index contributed by atoms with van der Waals surface area (Å²) in [6.45, 7) is 12.7. The van der Waals surface area contributed by atoms with Gasteiger partial charge in [0.05, 0.1) is 34.2 Å². The average Bonchev–Trinajstić information content (AvgIpc) is 3.91. The number of amides is 2. The second-order valence-electron chi connectivity index (χ2n) is 16.1. The molecule has 2 aliphatic heterocycles. The van der Waals surface area contributed by atoms with Gasteiger partial charge in [-0.15, -0.1) is 0 Å². The van der Waals surface area contributed by atoms with Crippen LogP contribution in [-0.2, 0) is 9.47 Å². The summed E-state index contributed by atoms with van der Waals surface area (Å²) in [6, 6.07) is 25.3. The van der Waals surface area contributed by atoms with Gasteiger partial charge < -0.3 is 19.4 Å². The molecule has 268 valence electrons. The van der Waals surface area contributed by atoms with Crippen molar-refractivity contribution in [1.29, 1.82) is 0 Å². The number of ether oxygens (including phenoxy) is 2. The summed E-state index contributed by atoms with van der Waals surface area (Å²) >= 11 is 0. The first kappa shape index (κ1) is 33.7. The van der Waals surface area contributed by atoms with Gasteiger partial charge in [-0.1, -0.05) is 48.5 Å². The highest BCUT2D eigenvalue weighted by atomic mass is 16.6. The van der Waals surface area contributed by atoms with E-state index in [1.54, 1.807) is 9.80 Å². The van der Waals surface area contributed by atoms with Crippen LogP contribution < -0.4 is 0 Å². The summed E-state index contributed by atoms with van der Waals surface area (Å²) in [5.74, 6) is 1.60. The Kier molecular flexibility index (Phi) is 8.23. The number of benzene rings is 4. The van der Waals surface area contributed by atoms with E-state index in [1.165, 1.54) is 0 Å². The quantitative estimate of drug-likeness (QED) is 0.189. The van der Waals surface area contributed by atoms with Crippen LogP contribution in [0.1, 0.15) is 91.0 Å². The number of nitrogens with one attached hydrogen (secondary N) is 2. The lowest BCUT2D eigenvalue weighted by Crippen LogP contribution is -2.36. The Hall–Kier alpha value is -5.38. The molecule has 4 aromatic carbocycles. The number of aromatic nitrogens is 4. The third-order valence-corrected chi connectivity index (χ3v) is 9.93. The molecule has 0 unspecified atom stereocenters. The molecule has 52 heavy (non-hydrogen) atoms. The van der Waals surface area contributed by atoms with Gasteiger partial charge in [-0.2, -0.15) is 0 Å². The van der Waals surface area contributed by atoms with Crippen molar-refractivity contribution >= 4 is 45.0 Å². The largest absolute Gasteiger partial charge is 0.444 e. The van der Waals surface area contributed by atoms with Crippen LogP contribution >= 0.6 is 0 Å². The molecule has 0 radical (unpaired) electrons. The first-order valence-corrected chi connectivity index (χ1v) is 18.3. The van der Waals surface area contributed by atoms with Crippen LogP contribution in [0.25, 0.3) is 55.1 Å². The molecular weight excluding hydrogens is 652 g/mol. The first-order chi connectivity index (χ1) is 24.8. The zero-order valence-electron chi connectivity index (χ0n) is 30.7. The van der Waals surface area contributed by atoms with E-state index >= 15 is 0 Å². The Bertz CT molecular complexity index is 2310. The van der Waals surface area contributed by atoms with E-state index < -0.39 is 11.2 Å². The number of aromatic amines is 2. The van der Waals surface area contributed by atoms with Crippen molar-refractivity contribution in [2.24, 2.45) is 0 Å². The molecule has 2 aliphatic rings. The monoisotopic (exact) mass is 698 g/mol. The highest BCUT2D eigenvalue weighted by Gasteiger charge is 2.36. The van der Waals surface area contributed by atoms with E-state index in [4.69, 9.17) is 19.4 Å². The summed E-state index contributed by atoms with van der Waals surface area (Å²) in [5, 5.41) is 2.18. The molecule has 0 aliphatic carbocycles. The average molecular weight is 699 g/mol. The fourth-order valence-electron chi connectivity index (χ4n) is 7.56. The molecule has 8 rings (SSSR count). The molecule has 2 saturated heterocycles. The van der Waals surface area contributed by atoms with Gasteiger partial charge in [-0.3, -0.25) is 9.80 Å². The highest BCUT2D eigenvalue weighted by molar-refractivity contribution is 6.05. The maximum Gasteiger partial charge on any atom is 0.410 e. The van der Waals surface area contributed by atoms with Gasteiger partial charge in [0.15, 0.2) is 0 Å². The predicted molar refractivity (Wildman–Crippen MR) is 204 cm³/mol. The Morgan fingerprint density at radius 3 is 1.75 bits per heavy atom. The van der Waals surface area contributed by atoms with E-state index in [1.807, 2.05) is 47.6 Å². The van der Waals surface area contributed by atoms with Gasteiger partial charge in [-0.05, 0) is 119 Å². The molecule has 0 bridgehead atoms. The topological polar surface area (TPSA) is 116 Å². The smallest absolute Gasteiger partial charge is 0.410 e. The molecule has 2 N–H and O–H groups in total. The molecule has 10 heteroatoms. The number of hydrogen-bond acceptors (Lipinski definition) is 6. The second kappa shape index (κ2) is 12.7. The zero-order valence-corrected chi connectivity index (χ0v) is 30.7. The van der Waals surface area contributed by atoms with Crippen molar-refractivity contribution in [2.45, 2.75) is 90.5 Å². The van der Waals surface area contributed by atoms with Crippen molar-refractivity contribution in [3.63, 3.8) is 0 Å². The normalized spacial score (nSPS) is 18.2. The lowest BCUT2D eigenvalue weighted by atomic mass is 9.98. The van der Waals surface area contributed by atoms with Crippen LogP contribution in [0.2, 0.25) is 0 Å². The number of likely N-dealkylation sites (tertiary alicyclic amines) is 2. The lowest BCUT2D eigenvalue weighted by molar-refractivity contribution is 0.0208. The molecule has 2 aromatic heterocycles. The van der Waals surface area contributed by atoms with E-state index in [0.29, 0.717) is 13.1 Å². The zero-order chi connectivity index (χ0) is 36.4. The number of imidazole rings is 2. The van der Waals surface area contributed by atoms with Crippen LogP contribution in [0, 0.1) is 0 Å². The molecular formula is C42H46N6O4. The third-order valence-electron chi connectivity index (χ3n) is 9.93. The van der Waals surface area contributed by atoms with Gasteiger partial charge in [0.1, 0.15) is 22.9 Å². The summed E-state index contributed by atoms with van der Waals surface area (Å²) in [4.78, 5) is 46.3. The molecule has 10 nitrogen and oxygen atoms in total. The molecule has 2 fully saturated rings. The predicted octanol–water partition coefficient (Wildman–Crippen LogP) is 10.1. The Morgan fingerprint density at radius 2 is 1.15 bits per heavy atom. The Balaban J connectivity index is 1.01. The van der Waals surface area contributed by atoms with E-state index in [2.05, 4.69) is 76.7 Å². The SMILES string of the molecule is CC(C)(C)OC(=O)N1CCC[C@H]1c1nc2ccc(-c3ccc(-c4ccc5c(ccc6[nH]c([C@@H]7CCCN7C(=O)OC(C)(C)C)nc65)c4)cc3)cc2[nH]1. The standard InChI is InChI=1S/C42H46N6O4/c1-41(2,3)51-39(49)47-21-7-9-34(47)37-43-31-19-16-28(24-33(31)45-37)26-13-11-25(12-14-26)27-15-18-30-29(23-27)17-20-32-36(30)46-38(44-32)35-10-8-22-48(35)40(50)52-42(4,5)6/h11-20,23-24,34-35H,7-10,21-22H2,1-6H3,(H,43,45)(H,44,46)/t34-,35-/m0/s1. The minimum absolute atomic E-state index is 0.125. The highest BCUT2D eigenvalue weighted by Crippen LogP contribution is 2.37. The fourth-order valence-corrected chi connectivity index (χ4v) is 7.56. The van der Waals surface area contributed by atoms with Crippen LogP contribution in [0.5, 0.6) is 0 Å². The maximum atomic E-state index is 12.9. The van der Waals surface area contributed by atoms with Crippen molar-refractivity contribution in [3.8, 4) is 22.3 Å². The van der Waals surface area contributed by atoms with Crippen molar-refractivity contribution in [2.75, 3.05) is 13.1 Å². The van der Waals surface area contributed by atoms with Crippen LogP contribution in [-0.4, -0.2) is 66.2 Å². The number of rotatable bonds is 4. The van der Waals surface area contributed by atoms with E-state index in [9.17, 15) is 9.59 Å². The number of carbonyl (C=O) groups is 2. The van der Waals surface area contributed by atoms with Gasteiger partial charge in [0, 0.05) is 18.5 Å². The van der Waals surface area contributed by atoms with Crippen LogP contribution in [0.3, 0.4) is 0 Å². The minimum atomic E-state index is -0.546. The first-order valence-electron chi connectivity index (χ1n) is 18.3. The van der Waals surface area contributed by atoms with Crippen molar-refractivity contribution in [1.82, 2.24) is 29.7 Å².